The summed E-state index contributed by atoms with van der Waals surface area (Å²) in [5, 5.41) is 3.47. The number of hydrogen-bond acceptors (Lipinski definition) is 5. The van der Waals surface area contributed by atoms with Crippen molar-refractivity contribution in [1.82, 2.24) is 20.2 Å². The van der Waals surface area contributed by atoms with Gasteiger partial charge in [0, 0.05) is 42.2 Å². The molecule has 1 aromatic heterocycles. The zero-order valence-corrected chi connectivity index (χ0v) is 17.6. The van der Waals surface area contributed by atoms with Gasteiger partial charge in [-0.25, -0.2) is 0 Å². The molecule has 3 atom stereocenters. The van der Waals surface area contributed by atoms with Crippen LogP contribution in [-0.2, 0) is 16.1 Å². The molecule has 158 valence electrons. The van der Waals surface area contributed by atoms with E-state index in [0.717, 1.165) is 11.4 Å². The molecule has 0 spiro atoms. The molecule has 0 unspecified atom stereocenters. The van der Waals surface area contributed by atoms with Crippen LogP contribution in [0.5, 0.6) is 0 Å². The second kappa shape index (κ2) is 9.10. The van der Waals surface area contributed by atoms with E-state index >= 15 is 0 Å². The van der Waals surface area contributed by atoms with Crippen molar-refractivity contribution in [1.29, 1.82) is 0 Å². The molecule has 0 bridgehead atoms. The molecule has 2 aromatic rings. The molecular formula is C22H25ClN4O3. The first-order valence-corrected chi connectivity index (χ1v) is 10.5. The minimum atomic E-state index is -0.0359. The van der Waals surface area contributed by atoms with Gasteiger partial charge in [-0.15, -0.1) is 0 Å². The summed E-state index contributed by atoms with van der Waals surface area (Å²) in [5.41, 5.74) is 2.16. The van der Waals surface area contributed by atoms with Gasteiger partial charge < -0.3 is 15.0 Å². The summed E-state index contributed by atoms with van der Waals surface area (Å²) >= 11 is 6.04. The average molecular weight is 429 g/mol. The highest BCUT2D eigenvalue weighted by Crippen LogP contribution is 2.36. The summed E-state index contributed by atoms with van der Waals surface area (Å²) in [5.74, 6) is 0.541. The van der Waals surface area contributed by atoms with E-state index in [2.05, 4.69) is 15.3 Å². The summed E-state index contributed by atoms with van der Waals surface area (Å²) in [6, 6.07) is 7.02. The number of fused-ring (bicyclic) bond motifs is 1. The summed E-state index contributed by atoms with van der Waals surface area (Å²) in [4.78, 5) is 35.7. The number of nitrogens with one attached hydrogen (secondary N) is 1. The zero-order chi connectivity index (χ0) is 21.1. The van der Waals surface area contributed by atoms with Gasteiger partial charge in [0.2, 0.25) is 5.91 Å². The van der Waals surface area contributed by atoms with Crippen LogP contribution >= 0.6 is 11.6 Å². The Kier molecular flexibility index (Phi) is 6.29. The van der Waals surface area contributed by atoms with Crippen LogP contribution in [0.4, 0.5) is 0 Å². The second-order valence-corrected chi connectivity index (χ2v) is 8.51. The molecule has 1 aromatic carbocycles. The molecule has 2 aliphatic rings. The van der Waals surface area contributed by atoms with E-state index in [1.807, 2.05) is 11.8 Å². The molecule has 3 heterocycles. The lowest BCUT2D eigenvalue weighted by Gasteiger charge is -2.32. The Morgan fingerprint density at radius 1 is 1.23 bits per heavy atom. The third-order valence-corrected chi connectivity index (χ3v) is 6.10. The maximum atomic E-state index is 12.9. The number of aryl methyl sites for hydroxylation is 1. The van der Waals surface area contributed by atoms with Gasteiger partial charge in [-0.1, -0.05) is 17.7 Å². The monoisotopic (exact) mass is 428 g/mol. The predicted molar refractivity (Wildman–Crippen MR) is 112 cm³/mol. The van der Waals surface area contributed by atoms with E-state index in [0.29, 0.717) is 49.9 Å². The minimum absolute atomic E-state index is 0.0203. The molecular weight excluding hydrogens is 404 g/mol. The first kappa shape index (κ1) is 20.8. The number of hydrogen-bond donors (Lipinski definition) is 1. The molecule has 7 nitrogen and oxygen atoms in total. The Bertz CT molecular complexity index is 921. The predicted octanol–water partition coefficient (Wildman–Crippen LogP) is 2.48. The van der Waals surface area contributed by atoms with Crippen molar-refractivity contribution < 1.29 is 14.3 Å². The van der Waals surface area contributed by atoms with Crippen LogP contribution in [0.3, 0.4) is 0 Å². The molecule has 4 rings (SSSR count). The van der Waals surface area contributed by atoms with Crippen molar-refractivity contribution in [3.63, 3.8) is 0 Å². The fourth-order valence-corrected chi connectivity index (χ4v) is 4.48. The largest absolute Gasteiger partial charge is 0.381 e. The molecule has 0 saturated carbocycles. The van der Waals surface area contributed by atoms with Gasteiger partial charge in [0.1, 0.15) is 0 Å². The van der Waals surface area contributed by atoms with Crippen molar-refractivity contribution in [2.75, 3.05) is 26.3 Å². The van der Waals surface area contributed by atoms with Gasteiger partial charge in [-0.2, -0.15) is 0 Å². The number of amides is 2. The maximum Gasteiger partial charge on any atom is 0.253 e. The van der Waals surface area contributed by atoms with Gasteiger partial charge >= 0.3 is 0 Å². The van der Waals surface area contributed by atoms with Crippen LogP contribution in [0, 0.1) is 24.7 Å². The average Bonchev–Trinajstić information content (AvgIpc) is 3.18. The lowest BCUT2D eigenvalue weighted by molar-refractivity contribution is -0.124. The number of rotatable bonds is 5. The first-order valence-electron chi connectivity index (χ1n) is 10.2. The molecule has 2 aliphatic heterocycles. The number of aromatic nitrogens is 2. The number of ether oxygens (including phenoxy) is 1. The normalized spacial score (nSPS) is 23.1. The fraction of sp³-hybridized carbons (Fsp3) is 0.455. The maximum absolute atomic E-state index is 12.9. The fourth-order valence-electron chi connectivity index (χ4n) is 4.29. The minimum Gasteiger partial charge on any atom is -0.381 e. The van der Waals surface area contributed by atoms with Crippen LogP contribution in [0.2, 0.25) is 5.02 Å². The molecule has 8 heteroatoms. The highest BCUT2D eigenvalue weighted by molar-refractivity contribution is 6.30. The Labute approximate surface area is 180 Å². The van der Waals surface area contributed by atoms with Gasteiger partial charge in [0.15, 0.2) is 0 Å². The highest BCUT2D eigenvalue weighted by atomic mass is 35.5. The Morgan fingerprint density at radius 3 is 2.87 bits per heavy atom. The molecule has 2 amide bonds. The van der Waals surface area contributed by atoms with E-state index in [-0.39, 0.29) is 29.6 Å². The SMILES string of the molecule is Cc1cnc(CNC(=O)C[C@@H]2COC[C@H]3CN(C(=O)c4cccc(Cl)c4)C[C@@H]23)cn1. The second-order valence-electron chi connectivity index (χ2n) is 8.07. The van der Waals surface area contributed by atoms with Crippen LogP contribution in [0.1, 0.15) is 28.2 Å². The van der Waals surface area contributed by atoms with Crippen LogP contribution in [-0.4, -0.2) is 53.0 Å². The van der Waals surface area contributed by atoms with Crippen LogP contribution in [0.15, 0.2) is 36.7 Å². The molecule has 0 radical (unpaired) electrons. The van der Waals surface area contributed by atoms with Gasteiger partial charge in [-0.05, 0) is 37.0 Å². The topological polar surface area (TPSA) is 84.4 Å². The van der Waals surface area contributed by atoms with Gasteiger partial charge in [0.25, 0.3) is 5.91 Å². The lowest BCUT2D eigenvalue weighted by Crippen LogP contribution is -2.38. The number of nitrogens with zero attached hydrogens (tertiary/aromatic N) is 3. The van der Waals surface area contributed by atoms with Crippen molar-refractivity contribution in [3.8, 4) is 0 Å². The third kappa shape index (κ3) is 4.79. The molecule has 2 fully saturated rings. The molecule has 2 saturated heterocycles. The van der Waals surface area contributed by atoms with Crippen molar-refractivity contribution in [2.45, 2.75) is 19.9 Å². The van der Waals surface area contributed by atoms with Crippen LogP contribution in [0.25, 0.3) is 0 Å². The Morgan fingerprint density at radius 2 is 2.10 bits per heavy atom. The molecule has 30 heavy (non-hydrogen) atoms. The smallest absolute Gasteiger partial charge is 0.253 e. The molecule has 1 N–H and O–H groups in total. The summed E-state index contributed by atoms with van der Waals surface area (Å²) in [6.45, 7) is 4.68. The highest BCUT2D eigenvalue weighted by Gasteiger charge is 2.43. The van der Waals surface area contributed by atoms with E-state index in [1.165, 1.54) is 0 Å². The summed E-state index contributed by atoms with van der Waals surface area (Å²) in [6.07, 6.45) is 3.73. The van der Waals surface area contributed by atoms with Crippen LogP contribution < -0.4 is 5.32 Å². The quantitative estimate of drug-likeness (QED) is 0.790. The van der Waals surface area contributed by atoms with Crippen molar-refractivity contribution in [2.24, 2.45) is 17.8 Å². The Hall–Kier alpha value is -2.51. The van der Waals surface area contributed by atoms with E-state index in [1.54, 1.807) is 36.7 Å². The van der Waals surface area contributed by atoms with Gasteiger partial charge in [0.05, 0.1) is 37.3 Å². The number of benzene rings is 1. The summed E-state index contributed by atoms with van der Waals surface area (Å²) in [7, 11) is 0. The van der Waals surface area contributed by atoms with Crippen molar-refractivity contribution in [3.05, 3.63) is 58.6 Å². The number of halogens is 1. The zero-order valence-electron chi connectivity index (χ0n) is 16.9. The number of likely N-dealkylation sites (tertiary alicyclic amines) is 1. The number of carbonyl (C=O) groups is 2. The number of carbonyl (C=O) groups excluding carboxylic acids is 2. The first-order chi connectivity index (χ1) is 14.5. The Balaban J connectivity index is 1.34. The van der Waals surface area contributed by atoms with E-state index < -0.39 is 0 Å². The van der Waals surface area contributed by atoms with Crippen molar-refractivity contribution >= 4 is 23.4 Å². The third-order valence-electron chi connectivity index (χ3n) is 5.87. The standard InChI is InChI=1S/C22H25ClN4O3/c1-14-7-25-19(8-24-14)9-26-21(28)6-16-12-30-13-17-10-27(11-20(16)17)22(29)15-3-2-4-18(23)5-15/h2-5,7-8,16-17,20H,6,9-13H2,1H3,(H,26,28)/t16-,17-,20+/m1/s1. The van der Waals surface area contributed by atoms with E-state index in [9.17, 15) is 9.59 Å². The lowest BCUT2D eigenvalue weighted by atomic mass is 9.81. The summed E-state index contributed by atoms with van der Waals surface area (Å²) < 4.78 is 5.76. The molecule has 0 aliphatic carbocycles. The van der Waals surface area contributed by atoms with E-state index in [4.69, 9.17) is 16.3 Å². The van der Waals surface area contributed by atoms with Gasteiger partial charge in [-0.3, -0.25) is 19.6 Å².